The minimum atomic E-state index is -4.26. The molecule has 2 rings (SSSR count). The van der Waals surface area contributed by atoms with Crippen molar-refractivity contribution in [3.05, 3.63) is 35.4 Å². The van der Waals surface area contributed by atoms with Gasteiger partial charge in [0.2, 0.25) is 0 Å². The second kappa shape index (κ2) is 6.39. The summed E-state index contributed by atoms with van der Waals surface area (Å²) in [5.41, 5.74) is 0.322. The maximum atomic E-state index is 12.5. The lowest BCUT2D eigenvalue weighted by Crippen LogP contribution is -2.29. The van der Waals surface area contributed by atoms with Gasteiger partial charge >= 0.3 is 6.18 Å². The molecule has 3 unspecified atom stereocenters. The summed E-state index contributed by atoms with van der Waals surface area (Å²) in [7, 11) is 0. The SMILES string of the molecule is CSC1CCC(NC(C)c2ccc(C(F)(F)F)cc2)C1. The molecule has 1 aromatic carbocycles. The molecule has 0 spiro atoms. The topological polar surface area (TPSA) is 12.0 Å². The molecule has 1 N–H and O–H groups in total. The van der Waals surface area contributed by atoms with Crippen LogP contribution in [0.1, 0.15) is 43.4 Å². The number of hydrogen-bond acceptors (Lipinski definition) is 2. The second-order valence-electron chi connectivity index (χ2n) is 5.38. The Hall–Kier alpha value is -0.680. The lowest BCUT2D eigenvalue weighted by Gasteiger charge is -2.20. The Kier molecular flexibility index (Phi) is 5.02. The summed E-state index contributed by atoms with van der Waals surface area (Å²) in [6, 6.07) is 6.02. The van der Waals surface area contributed by atoms with E-state index in [1.165, 1.54) is 6.42 Å². The van der Waals surface area contributed by atoms with Crippen LogP contribution in [0.25, 0.3) is 0 Å². The highest BCUT2D eigenvalue weighted by molar-refractivity contribution is 7.99. The van der Waals surface area contributed by atoms with Gasteiger partial charge in [0.25, 0.3) is 0 Å². The van der Waals surface area contributed by atoms with Crippen molar-refractivity contribution in [1.29, 1.82) is 0 Å². The summed E-state index contributed by atoms with van der Waals surface area (Å²) in [6.45, 7) is 2.01. The van der Waals surface area contributed by atoms with Crippen molar-refractivity contribution in [1.82, 2.24) is 5.32 Å². The van der Waals surface area contributed by atoms with Crippen molar-refractivity contribution in [3.63, 3.8) is 0 Å². The molecule has 0 aliphatic heterocycles. The van der Waals surface area contributed by atoms with Crippen LogP contribution in [0.3, 0.4) is 0 Å². The molecule has 1 fully saturated rings. The van der Waals surface area contributed by atoms with Gasteiger partial charge in [-0.05, 0) is 50.1 Å². The van der Waals surface area contributed by atoms with Gasteiger partial charge < -0.3 is 5.32 Å². The molecular weight excluding hydrogens is 283 g/mol. The zero-order valence-corrected chi connectivity index (χ0v) is 12.5. The Balaban J connectivity index is 1.94. The molecule has 0 bridgehead atoms. The maximum Gasteiger partial charge on any atom is 0.416 e. The van der Waals surface area contributed by atoms with E-state index in [-0.39, 0.29) is 6.04 Å². The predicted octanol–water partition coefficient (Wildman–Crippen LogP) is 4.64. The maximum absolute atomic E-state index is 12.5. The largest absolute Gasteiger partial charge is 0.416 e. The Labute approximate surface area is 122 Å². The standard InChI is InChI=1S/C15H20F3NS/c1-10(19-13-7-8-14(9-13)20-2)11-3-5-12(6-4-11)15(16,17)18/h3-6,10,13-14,19H,7-9H2,1-2H3. The first-order valence-corrected chi connectivity index (χ1v) is 8.15. The Bertz CT molecular complexity index is 430. The molecule has 0 saturated heterocycles. The van der Waals surface area contributed by atoms with Gasteiger partial charge in [0.1, 0.15) is 0 Å². The minimum Gasteiger partial charge on any atom is -0.307 e. The fourth-order valence-electron chi connectivity index (χ4n) is 2.72. The van der Waals surface area contributed by atoms with Gasteiger partial charge in [-0.15, -0.1) is 0 Å². The first-order valence-electron chi connectivity index (χ1n) is 6.86. The lowest BCUT2D eigenvalue weighted by molar-refractivity contribution is -0.137. The van der Waals surface area contributed by atoms with Crippen LogP contribution in [0.15, 0.2) is 24.3 Å². The van der Waals surface area contributed by atoms with Gasteiger partial charge in [-0.1, -0.05) is 12.1 Å². The molecule has 0 amide bonds. The van der Waals surface area contributed by atoms with E-state index in [1.54, 1.807) is 12.1 Å². The molecule has 1 aliphatic carbocycles. The van der Waals surface area contributed by atoms with Gasteiger partial charge in [-0.25, -0.2) is 0 Å². The van der Waals surface area contributed by atoms with Crippen LogP contribution in [0.5, 0.6) is 0 Å². The highest BCUT2D eigenvalue weighted by Gasteiger charge is 2.30. The van der Waals surface area contributed by atoms with Crippen molar-refractivity contribution < 1.29 is 13.2 Å². The summed E-state index contributed by atoms with van der Waals surface area (Å²) >= 11 is 1.90. The number of nitrogens with one attached hydrogen (secondary N) is 1. The van der Waals surface area contributed by atoms with E-state index in [0.29, 0.717) is 11.3 Å². The number of hydrogen-bond donors (Lipinski definition) is 1. The molecule has 1 nitrogen and oxygen atoms in total. The summed E-state index contributed by atoms with van der Waals surface area (Å²) in [5.74, 6) is 0. The van der Waals surface area contributed by atoms with Gasteiger partial charge in [-0.2, -0.15) is 24.9 Å². The van der Waals surface area contributed by atoms with Crippen LogP contribution >= 0.6 is 11.8 Å². The minimum absolute atomic E-state index is 0.0860. The zero-order valence-electron chi connectivity index (χ0n) is 11.7. The van der Waals surface area contributed by atoms with E-state index in [4.69, 9.17) is 0 Å². The van der Waals surface area contributed by atoms with Crippen LogP contribution in [-0.4, -0.2) is 17.5 Å². The molecule has 0 heterocycles. The molecule has 5 heteroatoms. The Morgan fingerprint density at radius 2 is 1.85 bits per heavy atom. The summed E-state index contributed by atoms with van der Waals surface area (Å²) in [6.07, 6.45) is 1.39. The highest BCUT2D eigenvalue weighted by Crippen LogP contribution is 2.31. The highest BCUT2D eigenvalue weighted by atomic mass is 32.2. The Morgan fingerprint density at radius 1 is 1.20 bits per heavy atom. The molecule has 20 heavy (non-hydrogen) atoms. The predicted molar refractivity (Wildman–Crippen MR) is 77.9 cm³/mol. The Morgan fingerprint density at radius 3 is 2.35 bits per heavy atom. The van der Waals surface area contributed by atoms with E-state index in [9.17, 15) is 13.2 Å². The average molecular weight is 303 g/mol. The van der Waals surface area contributed by atoms with Gasteiger partial charge in [0.15, 0.2) is 0 Å². The number of alkyl halides is 3. The fourth-order valence-corrected chi connectivity index (χ4v) is 3.51. The quantitative estimate of drug-likeness (QED) is 0.869. The number of benzene rings is 1. The summed E-state index contributed by atoms with van der Waals surface area (Å²) in [5, 5.41) is 4.24. The number of halogens is 3. The number of rotatable bonds is 4. The normalized spacial score (nSPS) is 24.9. The zero-order chi connectivity index (χ0) is 14.8. The molecule has 112 valence electrons. The summed E-state index contributed by atoms with van der Waals surface area (Å²) < 4.78 is 37.5. The van der Waals surface area contributed by atoms with Crippen LogP contribution < -0.4 is 5.32 Å². The third kappa shape index (κ3) is 3.92. The molecular formula is C15H20F3NS. The monoisotopic (exact) mass is 303 g/mol. The van der Waals surface area contributed by atoms with E-state index in [1.807, 2.05) is 18.7 Å². The first-order chi connectivity index (χ1) is 9.40. The molecule has 0 radical (unpaired) electrons. The van der Waals surface area contributed by atoms with Crippen molar-refractivity contribution in [3.8, 4) is 0 Å². The lowest BCUT2D eigenvalue weighted by atomic mass is 10.0. The van der Waals surface area contributed by atoms with Crippen molar-refractivity contribution in [2.45, 2.75) is 49.7 Å². The van der Waals surface area contributed by atoms with Crippen molar-refractivity contribution >= 4 is 11.8 Å². The number of thioether (sulfide) groups is 1. The molecule has 1 aliphatic rings. The van der Waals surface area contributed by atoms with Gasteiger partial charge in [0, 0.05) is 17.3 Å². The first kappa shape index (κ1) is 15.7. The van der Waals surface area contributed by atoms with Crippen molar-refractivity contribution in [2.75, 3.05) is 6.26 Å². The third-order valence-corrected chi connectivity index (χ3v) is 5.04. The van der Waals surface area contributed by atoms with E-state index in [0.717, 1.165) is 30.5 Å². The van der Waals surface area contributed by atoms with Gasteiger partial charge in [-0.3, -0.25) is 0 Å². The van der Waals surface area contributed by atoms with Crippen LogP contribution in [0.2, 0.25) is 0 Å². The molecule has 3 atom stereocenters. The smallest absolute Gasteiger partial charge is 0.307 e. The van der Waals surface area contributed by atoms with Crippen LogP contribution in [0.4, 0.5) is 13.2 Å². The molecule has 1 aromatic rings. The van der Waals surface area contributed by atoms with Gasteiger partial charge in [0.05, 0.1) is 5.56 Å². The van der Waals surface area contributed by atoms with E-state index < -0.39 is 11.7 Å². The summed E-state index contributed by atoms with van der Waals surface area (Å²) in [4.78, 5) is 0. The second-order valence-corrected chi connectivity index (χ2v) is 6.51. The fraction of sp³-hybridized carbons (Fsp3) is 0.600. The van der Waals surface area contributed by atoms with E-state index >= 15 is 0 Å². The van der Waals surface area contributed by atoms with E-state index in [2.05, 4.69) is 11.6 Å². The molecule has 0 aromatic heterocycles. The molecule has 1 saturated carbocycles. The van der Waals surface area contributed by atoms with Crippen LogP contribution in [-0.2, 0) is 6.18 Å². The average Bonchev–Trinajstić information content (AvgIpc) is 2.85. The third-order valence-electron chi connectivity index (χ3n) is 3.94. The van der Waals surface area contributed by atoms with Crippen LogP contribution in [0, 0.1) is 0 Å². The van der Waals surface area contributed by atoms with Crippen molar-refractivity contribution in [2.24, 2.45) is 0 Å².